The maximum atomic E-state index is 8.67. The lowest BCUT2D eigenvalue weighted by atomic mass is 10.1. The van der Waals surface area contributed by atoms with E-state index in [0.717, 1.165) is 6.42 Å². The fourth-order valence-electron chi connectivity index (χ4n) is 1.04. The molecule has 1 unspecified atom stereocenters. The minimum Gasteiger partial charge on any atom is -0.396 e. The second-order valence-corrected chi connectivity index (χ2v) is 2.78. The van der Waals surface area contributed by atoms with Gasteiger partial charge in [0.15, 0.2) is 0 Å². The molecule has 48 valence electrons. The number of aliphatic hydroxyl groups excluding tert-OH is 2. The Morgan fingerprint density at radius 2 is 1.88 bits per heavy atom. The minimum absolute atomic E-state index is 0.0972. The van der Waals surface area contributed by atoms with Crippen LogP contribution in [-0.2, 0) is 0 Å². The fraction of sp³-hybridized carbons (Fsp3) is 1.00. The summed E-state index contributed by atoms with van der Waals surface area (Å²) in [7, 11) is 0. The van der Waals surface area contributed by atoms with Gasteiger partial charge in [-0.3, -0.25) is 0 Å². The maximum absolute atomic E-state index is 8.67. The Balaban J connectivity index is 2.39. The minimum atomic E-state index is -0.0972. The van der Waals surface area contributed by atoms with Crippen LogP contribution in [0.25, 0.3) is 0 Å². The quantitative estimate of drug-likeness (QED) is 0.533. The van der Waals surface area contributed by atoms with E-state index in [1.807, 2.05) is 6.92 Å². The lowest BCUT2D eigenvalue weighted by Gasteiger charge is -2.05. The number of rotatable bonds is 2. The number of hydrogen-bond donors (Lipinski definition) is 2. The van der Waals surface area contributed by atoms with Crippen LogP contribution in [0.2, 0.25) is 0 Å². The average Bonchev–Trinajstić information content (AvgIpc) is 2.43. The lowest BCUT2D eigenvalue weighted by molar-refractivity contribution is 0.124. The van der Waals surface area contributed by atoms with Gasteiger partial charge in [0, 0.05) is 5.41 Å². The number of hydrogen-bond acceptors (Lipinski definition) is 2. The Morgan fingerprint density at radius 1 is 1.50 bits per heavy atom. The highest BCUT2D eigenvalue weighted by atomic mass is 16.3. The maximum Gasteiger partial charge on any atom is 0.0512 e. The molecule has 1 aliphatic rings. The molecular formula is C6H12O2. The molecule has 0 radical (unpaired) electrons. The van der Waals surface area contributed by atoms with E-state index in [1.54, 1.807) is 0 Å². The van der Waals surface area contributed by atoms with Crippen molar-refractivity contribution >= 4 is 0 Å². The third-order valence-corrected chi connectivity index (χ3v) is 2.23. The van der Waals surface area contributed by atoms with E-state index in [-0.39, 0.29) is 18.6 Å². The Hall–Kier alpha value is -0.0800. The molecule has 0 amide bonds. The first-order chi connectivity index (χ1) is 3.75. The van der Waals surface area contributed by atoms with Crippen LogP contribution in [0.1, 0.15) is 13.3 Å². The largest absolute Gasteiger partial charge is 0.396 e. The summed E-state index contributed by atoms with van der Waals surface area (Å²) in [6, 6.07) is 0. The van der Waals surface area contributed by atoms with Crippen LogP contribution in [0, 0.1) is 11.3 Å². The van der Waals surface area contributed by atoms with E-state index in [9.17, 15) is 0 Å². The molecule has 0 spiro atoms. The van der Waals surface area contributed by atoms with E-state index < -0.39 is 0 Å². The van der Waals surface area contributed by atoms with Gasteiger partial charge < -0.3 is 10.2 Å². The third-order valence-electron chi connectivity index (χ3n) is 2.23. The fourth-order valence-corrected chi connectivity index (χ4v) is 1.04. The zero-order chi connectivity index (χ0) is 6.20. The second kappa shape index (κ2) is 1.71. The van der Waals surface area contributed by atoms with E-state index in [0.29, 0.717) is 5.92 Å². The molecule has 0 aromatic rings. The Bertz CT molecular complexity index is 81.0. The molecule has 8 heavy (non-hydrogen) atoms. The van der Waals surface area contributed by atoms with Crippen LogP contribution in [0.3, 0.4) is 0 Å². The predicted octanol–water partition coefficient (Wildman–Crippen LogP) is -0.00280. The predicted molar refractivity (Wildman–Crippen MR) is 30.4 cm³/mol. The molecule has 0 aromatic carbocycles. The summed E-state index contributed by atoms with van der Waals surface area (Å²) in [6.45, 7) is 2.34. The van der Waals surface area contributed by atoms with Gasteiger partial charge in [-0.05, 0) is 12.3 Å². The third kappa shape index (κ3) is 0.644. The van der Waals surface area contributed by atoms with Gasteiger partial charge in [-0.25, -0.2) is 0 Å². The molecule has 2 nitrogen and oxygen atoms in total. The molecule has 2 N–H and O–H groups in total. The summed E-state index contributed by atoms with van der Waals surface area (Å²) >= 11 is 0. The summed E-state index contributed by atoms with van der Waals surface area (Å²) in [5.74, 6) is 0.525. The number of aliphatic hydroxyl groups is 2. The van der Waals surface area contributed by atoms with Gasteiger partial charge in [-0.15, -0.1) is 0 Å². The van der Waals surface area contributed by atoms with Crippen LogP contribution >= 0.6 is 0 Å². The van der Waals surface area contributed by atoms with Gasteiger partial charge >= 0.3 is 0 Å². The van der Waals surface area contributed by atoms with Crippen molar-refractivity contribution in [3.05, 3.63) is 0 Å². The van der Waals surface area contributed by atoms with Gasteiger partial charge in [0.1, 0.15) is 0 Å². The van der Waals surface area contributed by atoms with Crippen LogP contribution in [0.15, 0.2) is 0 Å². The zero-order valence-corrected chi connectivity index (χ0v) is 5.09. The van der Waals surface area contributed by atoms with E-state index >= 15 is 0 Å². The van der Waals surface area contributed by atoms with Crippen molar-refractivity contribution in [3.63, 3.8) is 0 Å². The molecular weight excluding hydrogens is 104 g/mol. The molecule has 0 bridgehead atoms. The SMILES string of the molecule is CC1CC1(CO)CO. The van der Waals surface area contributed by atoms with Gasteiger partial charge in [0.25, 0.3) is 0 Å². The van der Waals surface area contributed by atoms with Crippen molar-refractivity contribution in [1.29, 1.82) is 0 Å². The Morgan fingerprint density at radius 3 is 1.88 bits per heavy atom. The smallest absolute Gasteiger partial charge is 0.0512 e. The van der Waals surface area contributed by atoms with Crippen molar-refractivity contribution in [2.45, 2.75) is 13.3 Å². The second-order valence-electron chi connectivity index (χ2n) is 2.78. The highest BCUT2D eigenvalue weighted by Crippen LogP contribution is 2.50. The van der Waals surface area contributed by atoms with Crippen LogP contribution in [0.5, 0.6) is 0 Å². The standard InChI is InChI=1S/C6H12O2/c1-5-2-6(5,3-7)4-8/h5,7-8H,2-4H2,1H3. The molecule has 0 aliphatic heterocycles. The van der Waals surface area contributed by atoms with Crippen LogP contribution < -0.4 is 0 Å². The summed E-state index contributed by atoms with van der Waals surface area (Å²) in [6.07, 6.45) is 0.986. The van der Waals surface area contributed by atoms with E-state index in [2.05, 4.69) is 0 Å². The molecule has 0 aromatic heterocycles. The van der Waals surface area contributed by atoms with Crippen molar-refractivity contribution in [3.8, 4) is 0 Å². The summed E-state index contributed by atoms with van der Waals surface area (Å²) in [4.78, 5) is 0. The van der Waals surface area contributed by atoms with E-state index in [4.69, 9.17) is 10.2 Å². The molecule has 1 atom stereocenters. The first-order valence-corrected chi connectivity index (χ1v) is 2.97. The molecule has 1 saturated carbocycles. The molecule has 1 rings (SSSR count). The van der Waals surface area contributed by atoms with Gasteiger partial charge in [-0.2, -0.15) is 0 Å². The topological polar surface area (TPSA) is 40.5 Å². The molecule has 2 heteroatoms. The Kier molecular flexibility index (Phi) is 1.29. The molecule has 1 aliphatic carbocycles. The van der Waals surface area contributed by atoms with Gasteiger partial charge in [-0.1, -0.05) is 6.92 Å². The normalized spacial score (nSPS) is 32.6. The Labute approximate surface area is 49.1 Å². The highest BCUT2D eigenvalue weighted by Gasteiger charge is 2.49. The van der Waals surface area contributed by atoms with Gasteiger partial charge in [0.2, 0.25) is 0 Å². The first kappa shape index (κ1) is 6.05. The van der Waals surface area contributed by atoms with Crippen molar-refractivity contribution in [2.75, 3.05) is 13.2 Å². The summed E-state index contributed by atoms with van der Waals surface area (Å²) < 4.78 is 0. The van der Waals surface area contributed by atoms with Crippen molar-refractivity contribution < 1.29 is 10.2 Å². The molecule has 0 saturated heterocycles. The summed E-state index contributed by atoms with van der Waals surface area (Å²) in [5, 5.41) is 17.3. The van der Waals surface area contributed by atoms with Crippen molar-refractivity contribution in [1.82, 2.24) is 0 Å². The highest BCUT2D eigenvalue weighted by molar-refractivity contribution is 4.98. The molecule has 0 heterocycles. The summed E-state index contributed by atoms with van der Waals surface area (Å²) in [5.41, 5.74) is -0.0972. The first-order valence-electron chi connectivity index (χ1n) is 2.97. The van der Waals surface area contributed by atoms with Crippen molar-refractivity contribution in [2.24, 2.45) is 11.3 Å². The van der Waals surface area contributed by atoms with Crippen LogP contribution in [-0.4, -0.2) is 23.4 Å². The van der Waals surface area contributed by atoms with Crippen LogP contribution in [0.4, 0.5) is 0 Å². The van der Waals surface area contributed by atoms with Gasteiger partial charge in [0.05, 0.1) is 13.2 Å². The zero-order valence-electron chi connectivity index (χ0n) is 5.09. The molecule has 1 fully saturated rings. The monoisotopic (exact) mass is 116 g/mol. The van der Waals surface area contributed by atoms with E-state index in [1.165, 1.54) is 0 Å². The average molecular weight is 116 g/mol. The lowest BCUT2D eigenvalue weighted by Crippen LogP contribution is -2.13.